The molecule has 194 valence electrons. The van der Waals surface area contributed by atoms with Crippen molar-refractivity contribution in [1.82, 2.24) is 0 Å². The molecule has 10 heteroatoms. The average molecular weight is 518 g/mol. The number of carboxylic acids is 2. The third-order valence-corrected chi connectivity index (χ3v) is 6.16. The van der Waals surface area contributed by atoms with Gasteiger partial charge in [0.25, 0.3) is 0 Å². The highest BCUT2D eigenvalue weighted by Crippen LogP contribution is 2.35. The highest BCUT2D eigenvalue weighted by Gasteiger charge is 2.19. The zero-order chi connectivity index (χ0) is 27.1. The van der Waals surface area contributed by atoms with Gasteiger partial charge in [0.1, 0.15) is 35.2 Å². The Hall–Kier alpha value is -4.99. The van der Waals surface area contributed by atoms with Gasteiger partial charge in [-0.25, -0.2) is 14.4 Å². The standard InChI is InChI=1S/C28H22O10/c1-13-10-18-17-5-7-20(34-12-16-4-6-22(36-16)26(29)30)14(2)25(17)38-28(33)19(18)11-24(13)35-15(3)21-8-9-23(37-21)27(31)32/h4-11,15H,12H2,1-3H3,(H,29,30)(H,31,32). The maximum absolute atomic E-state index is 13.0. The van der Waals surface area contributed by atoms with Crippen LogP contribution in [0.25, 0.3) is 21.7 Å². The van der Waals surface area contributed by atoms with Crippen molar-refractivity contribution in [2.75, 3.05) is 0 Å². The van der Waals surface area contributed by atoms with Crippen molar-refractivity contribution >= 4 is 33.7 Å². The van der Waals surface area contributed by atoms with E-state index >= 15 is 0 Å². The van der Waals surface area contributed by atoms with Crippen LogP contribution in [0.15, 0.2) is 66.6 Å². The number of furan rings is 2. The minimum absolute atomic E-state index is 0.000934. The van der Waals surface area contributed by atoms with Crippen LogP contribution >= 0.6 is 0 Å². The first-order valence-electron chi connectivity index (χ1n) is 11.6. The first kappa shape index (κ1) is 24.7. The lowest BCUT2D eigenvalue weighted by atomic mass is 10.0. The maximum atomic E-state index is 13.0. The smallest absolute Gasteiger partial charge is 0.371 e. The van der Waals surface area contributed by atoms with Crippen molar-refractivity contribution in [3.8, 4) is 11.5 Å². The predicted molar refractivity (Wildman–Crippen MR) is 134 cm³/mol. The Kier molecular flexibility index (Phi) is 6.15. The van der Waals surface area contributed by atoms with E-state index in [0.717, 1.165) is 5.56 Å². The normalized spacial score (nSPS) is 12.1. The number of fused-ring (bicyclic) bond motifs is 3. The molecule has 0 saturated heterocycles. The first-order chi connectivity index (χ1) is 18.1. The van der Waals surface area contributed by atoms with Gasteiger partial charge in [0.2, 0.25) is 11.5 Å². The summed E-state index contributed by atoms with van der Waals surface area (Å²) in [4.78, 5) is 35.1. The Morgan fingerprint density at radius 1 is 0.842 bits per heavy atom. The lowest BCUT2D eigenvalue weighted by molar-refractivity contribution is 0.0646. The molecule has 3 heterocycles. The molecule has 0 saturated carbocycles. The van der Waals surface area contributed by atoms with Gasteiger partial charge in [-0.3, -0.25) is 0 Å². The van der Waals surface area contributed by atoms with Crippen LogP contribution in [-0.4, -0.2) is 22.2 Å². The molecule has 0 amide bonds. The van der Waals surface area contributed by atoms with Crippen LogP contribution in [0.5, 0.6) is 11.5 Å². The number of carbonyl (C=O) groups is 2. The molecule has 2 N–H and O–H groups in total. The summed E-state index contributed by atoms with van der Waals surface area (Å²) in [5.41, 5.74) is 1.16. The third kappa shape index (κ3) is 4.47. The number of rotatable bonds is 8. The van der Waals surface area contributed by atoms with Crippen molar-refractivity contribution in [3.63, 3.8) is 0 Å². The molecular formula is C28H22O10. The van der Waals surface area contributed by atoms with E-state index in [2.05, 4.69) is 0 Å². The van der Waals surface area contributed by atoms with Gasteiger partial charge in [0.15, 0.2) is 6.10 Å². The number of aryl methyl sites for hydroxylation is 2. The zero-order valence-corrected chi connectivity index (χ0v) is 20.6. The lowest BCUT2D eigenvalue weighted by Gasteiger charge is -2.16. The molecule has 1 unspecified atom stereocenters. The van der Waals surface area contributed by atoms with E-state index in [1.165, 1.54) is 24.3 Å². The maximum Gasteiger partial charge on any atom is 0.371 e. The molecule has 5 rings (SSSR count). The minimum atomic E-state index is -1.17. The first-order valence-corrected chi connectivity index (χ1v) is 11.6. The second kappa shape index (κ2) is 9.47. The van der Waals surface area contributed by atoms with E-state index in [-0.39, 0.29) is 18.1 Å². The molecule has 38 heavy (non-hydrogen) atoms. The van der Waals surface area contributed by atoms with Gasteiger partial charge < -0.3 is 32.9 Å². The summed E-state index contributed by atoms with van der Waals surface area (Å²) in [7, 11) is 0. The van der Waals surface area contributed by atoms with Crippen molar-refractivity contribution in [2.45, 2.75) is 33.5 Å². The fourth-order valence-corrected chi connectivity index (χ4v) is 4.18. The monoisotopic (exact) mass is 518 g/mol. The average Bonchev–Trinajstić information content (AvgIpc) is 3.55. The Morgan fingerprint density at radius 2 is 1.55 bits per heavy atom. The molecule has 0 spiro atoms. The summed E-state index contributed by atoms with van der Waals surface area (Å²) in [6, 6.07) is 12.7. The number of carboxylic acid groups (broad SMARTS) is 2. The largest absolute Gasteiger partial charge is 0.485 e. The zero-order valence-electron chi connectivity index (χ0n) is 20.6. The van der Waals surface area contributed by atoms with E-state index in [9.17, 15) is 14.4 Å². The van der Waals surface area contributed by atoms with Crippen LogP contribution in [0.2, 0.25) is 0 Å². The van der Waals surface area contributed by atoms with E-state index in [1.807, 2.05) is 13.0 Å². The second-order valence-corrected chi connectivity index (χ2v) is 8.75. The highest BCUT2D eigenvalue weighted by molar-refractivity contribution is 6.06. The van der Waals surface area contributed by atoms with Gasteiger partial charge in [-0.15, -0.1) is 0 Å². The van der Waals surface area contributed by atoms with Gasteiger partial charge in [-0.2, -0.15) is 0 Å². The Labute approximate surface area is 214 Å². The van der Waals surface area contributed by atoms with Crippen molar-refractivity contribution in [2.24, 2.45) is 0 Å². The van der Waals surface area contributed by atoms with Crippen molar-refractivity contribution < 1.29 is 42.5 Å². The van der Waals surface area contributed by atoms with Gasteiger partial charge >= 0.3 is 17.6 Å². The number of benzene rings is 2. The van der Waals surface area contributed by atoms with Crippen LogP contribution in [0.1, 0.15) is 56.8 Å². The van der Waals surface area contributed by atoms with E-state index in [4.69, 9.17) is 32.9 Å². The third-order valence-electron chi connectivity index (χ3n) is 6.16. The molecular weight excluding hydrogens is 496 g/mol. The second-order valence-electron chi connectivity index (χ2n) is 8.75. The number of ether oxygens (including phenoxy) is 2. The molecule has 0 aliphatic carbocycles. The molecule has 0 aliphatic rings. The summed E-state index contributed by atoms with van der Waals surface area (Å²) in [6.45, 7) is 5.32. The molecule has 5 aromatic rings. The topological polar surface area (TPSA) is 150 Å². The Balaban J connectivity index is 1.46. The lowest BCUT2D eigenvalue weighted by Crippen LogP contribution is -2.06. The highest BCUT2D eigenvalue weighted by atomic mass is 16.5. The SMILES string of the molecule is Cc1cc2c(cc1OC(C)c1ccc(C(=O)O)o1)c(=O)oc1c(C)c(OCc3ccc(C(=O)O)o3)ccc12. The number of hydrogen-bond donors (Lipinski definition) is 2. The van der Waals surface area contributed by atoms with Crippen LogP contribution in [0, 0.1) is 13.8 Å². The van der Waals surface area contributed by atoms with E-state index < -0.39 is 23.7 Å². The van der Waals surface area contributed by atoms with Gasteiger partial charge in [-0.1, -0.05) is 0 Å². The number of aromatic carboxylic acids is 2. The molecule has 0 aliphatic heterocycles. The Morgan fingerprint density at radius 3 is 2.24 bits per heavy atom. The fourth-order valence-electron chi connectivity index (χ4n) is 4.18. The van der Waals surface area contributed by atoms with E-state index in [0.29, 0.717) is 50.3 Å². The van der Waals surface area contributed by atoms with Crippen molar-refractivity contribution in [3.05, 3.63) is 93.1 Å². The quantitative estimate of drug-likeness (QED) is 0.189. The fraction of sp³-hybridized carbons (Fsp3) is 0.179. The van der Waals surface area contributed by atoms with Gasteiger partial charge in [0.05, 0.1) is 5.39 Å². The molecule has 3 aromatic heterocycles. The minimum Gasteiger partial charge on any atom is -0.485 e. The number of hydrogen-bond acceptors (Lipinski definition) is 8. The van der Waals surface area contributed by atoms with Crippen LogP contribution in [-0.2, 0) is 6.61 Å². The summed E-state index contributed by atoms with van der Waals surface area (Å²) >= 11 is 0. The molecule has 0 bridgehead atoms. The van der Waals surface area contributed by atoms with Crippen LogP contribution in [0.3, 0.4) is 0 Å². The molecule has 0 radical (unpaired) electrons. The summed E-state index contributed by atoms with van der Waals surface area (Å²) in [5, 5.41) is 19.8. The molecule has 1 atom stereocenters. The van der Waals surface area contributed by atoms with E-state index in [1.54, 1.807) is 32.0 Å². The molecule has 10 nitrogen and oxygen atoms in total. The molecule has 2 aromatic carbocycles. The van der Waals surface area contributed by atoms with Crippen LogP contribution in [0.4, 0.5) is 0 Å². The van der Waals surface area contributed by atoms with Crippen LogP contribution < -0.4 is 15.1 Å². The van der Waals surface area contributed by atoms with Gasteiger partial charge in [-0.05, 0) is 74.9 Å². The van der Waals surface area contributed by atoms with Gasteiger partial charge in [0, 0.05) is 16.3 Å². The predicted octanol–water partition coefficient (Wildman–Crippen LogP) is 5.86. The van der Waals surface area contributed by atoms with Crippen molar-refractivity contribution in [1.29, 1.82) is 0 Å². The molecule has 0 fully saturated rings. The Bertz CT molecular complexity index is 1770. The summed E-state index contributed by atoms with van der Waals surface area (Å²) < 4.78 is 28.0. The summed E-state index contributed by atoms with van der Waals surface area (Å²) in [5.74, 6) is -1.15. The summed E-state index contributed by atoms with van der Waals surface area (Å²) in [6.07, 6.45) is -0.602.